The Kier molecular flexibility index (Phi) is 6.90. The topological polar surface area (TPSA) is 41.6 Å². The average Bonchev–Trinajstić information content (AvgIpc) is 2.58. The standard InChI is InChI=1S/C19H30N2O2/c1-4-13-23-17-6-7-18(16(3)14-17)15(2)5-8-19(22)21-11-9-20-10-12-21/h6-7,14-15,20H,4-5,8-13H2,1-3H3. The molecule has 1 aromatic rings. The molecule has 0 bridgehead atoms. The van der Waals surface area contributed by atoms with Crippen molar-refractivity contribution in [2.75, 3.05) is 32.8 Å². The maximum Gasteiger partial charge on any atom is 0.222 e. The molecule has 128 valence electrons. The zero-order valence-corrected chi connectivity index (χ0v) is 14.7. The highest BCUT2D eigenvalue weighted by atomic mass is 16.5. The van der Waals surface area contributed by atoms with Gasteiger partial charge in [-0.1, -0.05) is 19.9 Å². The first kappa shape index (κ1) is 17.8. The van der Waals surface area contributed by atoms with E-state index in [1.165, 1.54) is 11.1 Å². The van der Waals surface area contributed by atoms with E-state index in [-0.39, 0.29) is 0 Å². The van der Waals surface area contributed by atoms with E-state index in [9.17, 15) is 4.79 Å². The monoisotopic (exact) mass is 318 g/mol. The molecule has 0 spiro atoms. The Balaban J connectivity index is 1.87. The van der Waals surface area contributed by atoms with Gasteiger partial charge in [0.05, 0.1) is 6.61 Å². The minimum absolute atomic E-state index is 0.291. The number of nitrogens with zero attached hydrogens (tertiary/aromatic N) is 1. The van der Waals surface area contributed by atoms with E-state index in [4.69, 9.17) is 4.74 Å². The maximum atomic E-state index is 12.3. The lowest BCUT2D eigenvalue weighted by Gasteiger charge is -2.28. The highest BCUT2D eigenvalue weighted by Gasteiger charge is 2.18. The Labute approximate surface area is 140 Å². The zero-order chi connectivity index (χ0) is 16.7. The first-order chi connectivity index (χ1) is 11.1. The molecule has 23 heavy (non-hydrogen) atoms. The molecule has 1 heterocycles. The normalized spacial score (nSPS) is 16.2. The van der Waals surface area contributed by atoms with Crippen molar-refractivity contribution in [1.82, 2.24) is 10.2 Å². The SMILES string of the molecule is CCCOc1ccc(C(C)CCC(=O)N2CCNCC2)c(C)c1. The molecular formula is C19H30N2O2. The molecule has 4 heteroatoms. The van der Waals surface area contributed by atoms with Crippen LogP contribution in [-0.2, 0) is 4.79 Å². The second kappa shape index (κ2) is 8.92. The lowest BCUT2D eigenvalue weighted by Crippen LogP contribution is -2.46. The number of ether oxygens (including phenoxy) is 1. The van der Waals surface area contributed by atoms with Crippen molar-refractivity contribution < 1.29 is 9.53 Å². The predicted molar refractivity (Wildman–Crippen MR) is 94.1 cm³/mol. The minimum atomic E-state index is 0.291. The predicted octanol–water partition coefficient (Wildman–Crippen LogP) is 3.10. The van der Waals surface area contributed by atoms with Gasteiger partial charge in [-0.15, -0.1) is 0 Å². The quantitative estimate of drug-likeness (QED) is 0.840. The summed E-state index contributed by atoms with van der Waals surface area (Å²) in [7, 11) is 0. The van der Waals surface area contributed by atoms with Gasteiger partial charge in [0.1, 0.15) is 5.75 Å². The summed E-state index contributed by atoms with van der Waals surface area (Å²) in [5.74, 6) is 1.62. The largest absolute Gasteiger partial charge is 0.494 e. The fourth-order valence-electron chi connectivity index (χ4n) is 3.08. The molecule has 1 aromatic carbocycles. The summed E-state index contributed by atoms with van der Waals surface area (Å²) in [6, 6.07) is 6.31. The molecule has 0 radical (unpaired) electrons. The molecule has 1 unspecified atom stereocenters. The molecule has 1 fully saturated rings. The van der Waals surface area contributed by atoms with Gasteiger partial charge >= 0.3 is 0 Å². The number of benzene rings is 1. The average molecular weight is 318 g/mol. The number of nitrogens with one attached hydrogen (secondary N) is 1. The van der Waals surface area contributed by atoms with Crippen LogP contribution >= 0.6 is 0 Å². The highest BCUT2D eigenvalue weighted by molar-refractivity contribution is 5.76. The van der Waals surface area contributed by atoms with E-state index < -0.39 is 0 Å². The molecule has 0 aromatic heterocycles. The van der Waals surface area contributed by atoms with Crippen LogP contribution in [0.25, 0.3) is 0 Å². The molecule has 1 amide bonds. The molecule has 1 atom stereocenters. The summed E-state index contributed by atoms with van der Waals surface area (Å²) in [6.45, 7) is 10.7. The van der Waals surface area contributed by atoms with Crippen molar-refractivity contribution in [3.05, 3.63) is 29.3 Å². The number of hydrogen-bond donors (Lipinski definition) is 1. The second-order valence-electron chi connectivity index (χ2n) is 6.44. The fraction of sp³-hybridized carbons (Fsp3) is 0.632. The van der Waals surface area contributed by atoms with Crippen LogP contribution in [0.1, 0.15) is 50.2 Å². The minimum Gasteiger partial charge on any atom is -0.494 e. The molecule has 1 aliphatic rings. The van der Waals surface area contributed by atoms with Gasteiger partial charge in [-0.05, 0) is 48.9 Å². The van der Waals surface area contributed by atoms with Crippen LogP contribution < -0.4 is 10.1 Å². The van der Waals surface area contributed by atoms with Crippen molar-refractivity contribution in [3.8, 4) is 5.75 Å². The maximum absolute atomic E-state index is 12.3. The molecule has 1 N–H and O–H groups in total. The second-order valence-corrected chi connectivity index (χ2v) is 6.44. The van der Waals surface area contributed by atoms with E-state index in [1.54, 1.807) is 0 Å². The first-order valence-corrected chi connectivity index (χ1v) is 8.83. The van der Waals surface area contributed by atoms with Crippen molar-refractivity contribution in [3.63, 3.8) is 0 Å². The summed E-state index contributed by atoms with van der Waals surface area (Å²) in [6.07, 6.45) is 2.55. The molecule has 1 aliphatic heterocycles. The van der Waals surface area contributed by atoms with Crippen molar-refractivity contribution in [2.24, 2.45) is 0 Å². The van der Waals surface area contributed by atoms with E-state index in [2.05, 4.69) is 38.2 Å². The lowest BCUT2D eigenvalue weighted by molar-refractivity contribution is -0.131. The third-order valence-corrected chi connectivity index (χ3v) is 4.51. The van der Waals surface area contributed by atoms with Gasteiger partial charge in [-0.25, -0.2) is 0 Å². The third-order valence-electron chi connectivity index (χ3n) is 4.51. The summed E-state index contributed by atoms with van der Waals surface area (Å²) >= 11 is 0. The Morgan fingerprint density at radius 2 is 2.09 bits per heavy atom. The van der Waals surface area contributed by atoms with Crippen molar-refractivity contribution >= 4 is 5.91 Å². The molecule has 1 saturated heterocycles. The number of piperazine rings is 1. The number of hydrogen-bond acceptors (Lipinski definition) is 3. The summed E-state index contributed by atoms with van der Waals surface area (Å²) < 4.78 is 5.68. The lowest BCUT2D eigenvalue weighted by atomic mass is 9.92. The third kappa shape index (κ3) is 5.24. The molecular weight excluding hydrogens is 288 g/mol. The summed E-state index contributed by atoms with van der Waals surface area (Å²) in [4.78, 5) is 14.3. The first-order valence-electron chi connectivity index (χ1n) is 8.83. The number of rotatable bonds is 7. The highest BCUT2D eigenvalue weighted by Crippen LogP contribution is 2.27. The zero-order valence-electron chi connectivity index (χ0n) is 14.7. The van der Waals surface area contributed by atoms with E-state index in [0.29, 0.717) is 18.2 Å². The van der Waals surface area contributed by atoms with Crippen molar-refractivity contribution in [1.29, 1.82) is 0 Å². The summed E-state index contributed by atoms with van der Waals surface area (Å²) in [5, 5.41) is 3.28. The summed E-state index contributed by atoms with van der Waals surface area (Å²) in [5.41, 5.74) is 2.57. The smallest absolute Gasteiger partial charge is 0.222 e. The number of aryl methyl sites for hydroxylation is 1. The van der Waals surface area contributed by atoms with Gasteiger partial charge in [0.2, 0.25) is 5.91 Å². The van der Waals surface area contributed by atoms with Gasteiger partial charge in [0, 0.05) is 32.6 Å². The van der Waals surface area contributed by atoms with Crippen LogP contribution in [0.4, 0.5) is 0 Å². The van der Waals surface area contributed by atoms with Gasteiger partial charge in [0.15, 0.2) is 0 Å². The van der Waals surface area contributed by atoms with Crippen LogP contribution in [0.3, 0.4) is 0 Å². The Bertz CT molecular complexity index is 510. The number of amides is 1. The molecule has 0 saturated carbocycles. The molecule has 2 rings (SSSR count). The van der Waals surface area contributed by atoms with Gasteiger partial charge in [-0.3, -0.25) is 4.79 Å². The van der Waals surface area contributed by atoms with Crippen LogP contribution in [0.5, 0.6) is 5.75 Å². The van der Waals surface area contributed by atoms with Gasteiger partial charge < -0.3 is 15.0 Å². The van der Waals surface area contributed by atoms with Gasteiger partial charge in [-0.2, -0.15) is 0 Å². The van der Waals surface area contributed by atoms with Crippen LogP contribution in [0.15, 0.2) is 18.2 Å². The molecule has 0 aliphatic carbocycles. The number of carbonyl (C=O) groups excluding carboxylic acids is 1. The molecule has 4 nitrogen and oxygen atoms in total. The Morgan fingerprint density at radius 3 is 2.74 bits per heavy atom. The Hall–Kier alpha value is -1.55. The van der Waals surface area contributed by atoms with Crippen LogP contribution in [-0.4, -0.2) is 43.6 Å². The van der Waals surface area contributed by atoms with Gasteiger partial charge in [0.25, 0.3) is 0 Å². The van der Waals surface area contributed by atoms with Crippen molar-refractivity contribution in [2.45, 2.75) is 46.0 Å². The van der Waals surface area contributed by atoms with E-state index in [0.717, 1.165) is 51.4 Å². The van der Waals surface area contributed by atoms with E-state index in [1.807, 2.05) is 11.0 Å². The number of carbonyl (C=O) groups is 1. The van der Waals surface area contributed by atoms with Crippen LogP contribution in [0, 0.1) is 6.92 Å². The van der Waals surface area contributed by atoms with Crippen LogP contribution in [0.2, 0.25) is 0 Å². The fourth-order valence-corrected chi connectivity index (χ4v) is 3.08. The van der Waals surface area contributed by atoms with E-state index >= 15 is 0 Å². The Morgan fingerprint density at radius 1 is 1.35 bits per heavy atom.